The van der Waals surface area contributed by atoms with Crippen LogP contribution in [0.3, 0.4) is 0 Å². The molecule has 1 aliphatic heterocycles. The van der Waals surface area contributed by atoms with Crippen molar-refractivity contribution in [2.24, 2.45) is 0 Å². The summed E-state index contributed by atoms with van der Waals surface area (Å²) < 4.78 is 5.42. The normalized spacial score (nSPS) is 21.9. The Hall–Kier alpha value is -2.48. The molecule has 4 rings (SSSR count). The first-order chi connectivity index (χ1) is 11.6. The summed E-state index contributed by atoms with van der Waals surface area (Å²) in [6, 6.07) is 3.06. The molecule has 2 aromatic rings. The second-order valence-electron chi connectivity index (χ2n) is 6.43. The molecule has 8 heteroatoms. The Morgan fingerprint density at radius 2 is 2.21 bits per heavy atom. The Balaban J connectivity index is 1.54. The van der Waals surface area contributed by atoms with E-state index in [0.717, 1.165) is 18.7 Å². The van der Waals surface area contributed by atoms with Gasteiger partial charge in [-0.3, -0.25) is 14.5 Å². The van der Waals surface area contributed by atoms with Crippen LogP contribution in [0.4, 0.5) is 0 Å². The third-order valence-corrected chi connectivity index (χ3v) is 4.67. The molecule has 1 saturated heterocycles. The van der Waals surface area contributed by atoms with Crippen LogP contribution < -0.4 is 5.56 Å². The summed E-state index contributed by atoms with van der Waals surface area (Å²) in [7, 11) is 1.98. The summed E-state index contributed by atoms with van der Waals surface area (Å²) in [5.74, 6) is 1.47. The van der Waals surface area contributed by atoms with E-state index < -0.39 is 0 Å². The van der Waals surface area contributed by atoms with Crippen LogP contribution >= 0.6 is 0 Å². The van der Waals surface area contributed by atoms with Gasteiger partial charge in [-0.15, -0.1) is 0 Å². The summed E-state index contributed by atoms with van der Waals surface area (Å²) in [4.78, 5) is 35.3. The van der Waals surface area contributed by atoms with Gasteiger partial charge in [-0.25, -0.2) is 0 Å². The second-order valence-corrected chi connectivity index (χ2v) is 6.43. The zero-order chi connectivity index (χ0) is 16.7. The number of amides is 1. The number of carbonyl (C=O) groups excluding carboxylic acids is 1. The van der Waals surface area contributed by atoms with E-state index in [1.54, 1.807) is 17.0 Å². The van der Waals surface area contributed by atoms with Gasteiger partial charge in [0.15, 0.2) is 5.82 Å². The molecule has 24 heavy (non-hydrogen) atoms. The SMILES string of the molecule is CN1CCN(C(=O)c2ccc[nH]c2=O)C[C@H]1c1nc(C2CC2)no1. The van der Waals surface area contributed by atoms with E-state index in [9.17, 15) is 9.59 Å². The topological polar surface area (TPSA) is 95.3 Å². The van der Waals surface area contributed by atoms with Crippen molar-refractivity contribution in [1.82, 2.24) is 24.9 Å². The lowest BCUT2D eigenvalue weighted by Gasteiger charge is -2.37. The lowest BCUT2D eigenvalue weighted by Crippen LogP contribution is -2.49. The standard InChI is InChI=1S/C16H19N5O3/c1-20-7-8-21(16(23)11-3-2-6-17-14(11)22)9-12(20)15-18-13(19-24-15)10-4-5-10/h2-3,6,10,12H,4-5,7-9H2,1H3,(H,17,22)/t12-/m0/s1. The maximum atomic E-state index is 12.6. The average molecular weight is 329 g/mol. The quantitative estimate of drug-likeness (QED) is 0.893. The molecule has 1 amide bonds. The molecule has 0 radical (unpaired) electrons. The molecule has 0 unspecified atom stereocenters. The fraction of sp³-hybridized carbons (Fsp3) is 0.500. The monoisotopic (exact) mass is 329 g/mol. The lowest BCUT2D eigenvalue weighted by atomic mass is 10.1. The van der Waals surface area contributed by atoms with Crippen molar-refractivity contribution in [2.45, 2.75) is 24.8 Å². The van der Waals surface area contributed by atoms with Crippen molar-refractivity contribution >= 4 is 5.91 Å². The molecule has 8 nitrogen and oxygen atoms in total. The molecule has 1 aliphatic carbocycles. The number of nitrogens with zero attached hydrogens (tertiary/aromatic N) is 4. The molecule has 1 atom stereocenters. The number of carbonyl (C=O) groups is 1. The Labute approximate surface area is 138 Å². The fourth-order valence-corrected chi connectivity index (χ4v) is 2.98. The van der Waals surface area contributed by atoms with Crippen molar-refractivity contribution < 1.29 is 9.32 Å². The van der Waals surface area contributed by atoms with Gasteiger partial charge in [0.25, 0.3) is 11.5 Å². The molecule has 0 spiro atoms. The van der Waals surface area contributed by atoms with Crippen LogP contribution in [-0.4, -0.2) is 57.5 Å². The summed E-state index contributed by atoms with van der Waals surface area (Å²) in [6.45, 7) is 1.67. The number of pyridine rings is 1. The van der Waals surface area contributed by atoms with Gasteiger partial charge in [-0.05, 0) is 32.0 Å². The smallest absolute Gasteiger partial charge is 0.260 e. The average Bonchev–Trinajstić information content (AvgIpc) is 3.33. The van der Waals surface area contributed by atoms with Crippen molar-refractivity contribution in [3.63, 3.8) is 0 Å². The van der Waals surface area contributed by atoms with Gasteiger partial charge < -0.3 is 14.4 Å². The maximum absolute atomic E-state index is 12.6. The molecular weight excluding hydrogens is 310 g/mol. The van der Waals surface area contributed by atoms with E-state index in [4.69, 9.17) is 4.52 Å². The molecule has 2 aromatic heterocycles. The van der Waals surface area contributed by atoms with E-state index in [1.165, 1.54) is 6.20 Å². The Bertz CT molecular complexity index is 810. The fourth-order valence-electron chi connectivity index (χ4n) is 2.98. The Morgan fingerprint density at radius 1 is 1.38 bits per heavy atom. The first kappa shape index (κ1) is 15.1. The van der Waals surface area contributed by atoms with Crippen LogP contribution in [0.5, 0.6) is 0 Å². The van der Waals surface area contributed by atoms with Gasteiger partial charge >= 0.3 is 0 Å². The molecule has 0 aromatic carbocycles. The minimum absolute atomic E-state index is 0.148. The number of aromatic nitrogens is 3. The highest BCUT2D eigenvalue weighted by Crippen LogP contribution is 2.38. The van der Waals surface area contributed by atoms with E-state index in [2.05, 4.69) is 20.0 Å². The van der Waals surface area contributed by atoms with Crippen LogP contribution in [0.2, 0.25) is 0 Å². The van der Waals surface area contributed by atoms with E-state index in [0.29, 0.717) is 31.4 Å². The number of aromatic amines is 1. The third-order valence-electron chi connectivity index (χ3n) is 4.67. The number of likely N-dealkylation sites (N-methyl/N-ethyl adjacent to an activating group) is 1. The van der Waals surface area contributed by atoms with Crippen molar-refractivity contribution in [2.75, 3.05) is 26.7 Å². The van der Waals surface area contributed by atoms with E-state index in [1.807, 2.05) is 7.05 Å². The zero-order valence-electron chi connectivity index (χ0n) is 13.4. The van der Waals surface area contributed by atoms with E-state index in [-0.39, 0.29) is 23.1 Å². The first-order valence-corrected chi connectivity index (χ1v) is 8.14. The summed E-state index contributed by atoms with van der Waals surface area (Å²) in [5, 5.41) is 4.06. The van der Waals surface area contributed by atoms with Gasteiger partial charge in [0.2, 0.25) is 5.89 Å². The predicted molar refractivity (Wildman–Crippen MR) is 84.6 cm³/mol. The number of hydrogen-bond donors (Lipinski definition) is 1. The lowest BCUT2D eigenvalue weighted by molar-refractivity contribution is 0.0487. The molecule has 2 fully saturated rings. The minimum atomic E-state index is -0.369. The number of rotatable bonds is 3. The second kappa shape index (κ2) is 5.86. The van der Waals surface area contributed by atoms with Crippen LogP contribution in [0.15, 0.2) is 27.6 Å². The van der Waals surface area contributed by atoms with Gasteiger partial charge in [0.1, 0.15) is 11.6 Å². The first-order valence-electron chi connectivity index (χ1n) is 8.14. The zero-order valence-corrected chi connectivity index (χ0v) is 13.4. The minimum Gasteiger partial charge on any atom is -0.338 e. The number of hydrogen-bond acceptors (Lipinski definition) is 6. The molecule has 2 aliphatic rings. The summed E-state index contributed by atoms with van der Waals surface area (Å²) >= 11 is 0. The Morgan fingerprint density at radius 3 is 2.96 bits per heavy atom. The largest absolute Gasteiger partial charge is 0.338 e. The van der Waals surface area contributed by atoms with Crippen molar-refractivity contribution in [3.8, 4) is 0 Å². The van der Waals surface area contributed by atoms with Crippen molar-refractivity contribution in [1.29, 1.82) is 0 Å². The Kier molecular flexibility index (Phi) is 3.68. The molecule has 1 saturated carbocycles. The highest BCUT2D eigenvalue weighted by Gasteiger charge is 2.35. The van der Waals surface area contributed by atoms with Gasteiger partial charge in [-0.2, -0.15) is 4.98 Å². The molecule has 126 valence electrons. The number of nitrogens with one attached hydrogen (secondary N) is 1. The highest BCUT2D eigenvalue weighted by molar-refractivity contribution is 5.93. The molecule has 0 bridgehead atoms. The van der Waals surface area contributed by atoms with Gasteiger partial charge in [0, 0.05) is 31.7 Å². The van der Waals surface area contributed by atoms with Crippen LogP contribution in [0.25, 0.3) is 0 Å². The predicted octanol–water partition coefficient (Wildman–Crippen LogP) is 0.764. The third kappa shape index (κ3) is 2.73. The summed E-state index contributed by atoms with van der Waals surface area (Å²) in [5.41, 5.74) is -0.211. The van der Waals surface area contributed by atoms with Crippen LogP contribution in [-0.2, 0) is 0 Å². The molecule has 3 heterocycles. The summed E-state index contributed by atoms with van der Waals surface area (Å²) in [6.07, 6.45) is 3.74. The molecular formula is C16H19N5O3. The van der Waals surface area contributed by atoms with Gasteiger partial charge in [0.05, 0.1) is 0 Å². The number of piperazine rings is 1. The van der Waals surface area contributed by atoms with Crippen LogP contribution in [0, 0.1) is 0 Å². The van der Waals surface area contributed by atoms with Crippen LogP contribution in [0.1, 0.15) is 46.9 Å². The van der Waals surface area contributed by atoms with E-state index >= 15 is 0 Å². The number of H-pyrrole nitrogens is 1. The highest BCUT2D eigenvalue weighted by atomic mass is 16.5. The van der Waals surface area contributed by atoms with Crippen molar-refractivity contribution in [3.05, 3.63) is 46.0 Å². The van der Waals surface area contributed by atoms with Gasteiger partial charge in [-0.1, -0.05) is 5.16 Å². The molecule has 1 N–H and O–H groups in total. The maximum Gasteiger partial charge on any atom is 0.260 e.